The van der Waals surface area contributed by atoms with Crippen LogP contribution in [0.2, 0.25) is 0 Å². The fourth-order valence-electron chi connectivity index (χ4n) is 2.29. The van der Waals surface area contributed by atoms with Gasteiger partial charge in [0.05, 0.1) is 13.7 Å². The fraction of sp³-hybridized carbons (Fsp3) is 0.529. The van der Waals surface area contributed by atoms with E-state index in [9.17, 15) is 14.7 Å². The van der Waals surface area contributed by atoms with Crippen molar-refractivity contribution in [2.24, 2.45) is 5.92 Å². The van der Waals surface area contributed by atoms with Gasteiger partial charge in [0.1, 0.15) is 6.04 Å². The van der Waals surface area contributed by atoms with Crippen molar-refractivity contribution in [3.63, 3.8) is 0 Å². The van der Waals surface area contributed by atoms with Crippen LogP contribution in [0, 0.1) is 5.92 Å². The highest BCUT2D eigenvalue weighted by molar-refractivity contribution is 5.97. The Morgan fingerprint density at radius 2 is 2.09 bits per heavy atom. The molecule has 126 valence electrons. The van der Waals surface area contributed by atoms with Gasteiger partial charge in [-0.05, 0) is 43.4 Å². The first kappa shape index (κ1) is 17.1. The maximum Gasteiger partial charge on any atom is 0.326 e. The lowest BCUT2D eigenvalue weighted by atomic mass is 10.1. The number of aliphatic carboxylic acids is 1. The maximum atomic E-state index is 12.3. The molecule has 1 aliphatic rings. The van der Waals surface area contributed by atoms with E-state index >= 15 is 0 Å². The third-order valence-corrected chi connectivity index (χ3v) is 3.83. The Morgan fingerprint density at radius 3 is 2.65 bits per heavy atom. The smallest absolute Gasteiger partial charge is 0.326 e. The largest absolute Gasteiger partial charge is 0.493 e. The predicted molar refractivity (Wildman–Crippen MR) is 85.0 cm³/mol. The molecule has 2 N–H and O–H groups in total. The van der Waals surface area contributed by atoms with Gasteiger partial charge in [-0.25, -0.2) is 4.79 Å². The lowest BCUT2D eigenvalue weighted by Crippen LogP contribution is -2.42. The number of methoxy groups -OCH3 is 1. The first-order valence-electron chi connectivity index (χ1n) is 7.91. The predicted octanol–water partition coefficient (Wildman–Crippen LogP) is 2.47. The summed E-state index contributed by atoms with van der Waals surface area (Å²) < 4.78 is 10.9. The van der Waals surface area contributed by atoms with Gasteiger partial charge in [0.15, 0.2) is 11.5 Å². The highest BCUT2D eigenvalue weighted by atomic mass is 16.5. The van der Waals surface area contributed by atoms with E-state index < -0.39 is 17.9 Å². The lowest BCUT2D eigenvalue weighted by molar-refractivity contribution is -0.139. The summed E-state index contributed by atoms with van der Waals surface area (Å²) >= 11 is 0. The molecule has 0 saturated heterocycles. The molecule has 1 aromatic rings. The number of nitrogens with one attached hydrogen (secondary N) is 1. The number of carbonyl (C=O) groups is 2. The summed E-state index contributed by atoms with van der Waals surface area (Å²) in [7, 11) is 1.51. The summed E-state index contributed by atoms with van der Waals surface area (Å²) in [6.07, 6.45) is 3.64. The molecule has 1 aromatic carbocycles. The number of carboxylic acid groups (broad SMARTS) is 1. The van der Waals surface area contributed by atoms with Crippen LogP contribution >= 0.6 is 0 Å². The van der Waals surface area contributed by atoms with Crippen molar-refractivity contribution >= 4 is 11.9 Å². The molecule has 0 aliphatic heterocycles. The minimum Gasteiger partial charge on any atom is -0.493 e. The lowest BCUT2D eigenvalue weighted by Gasteiger charge is -2.15. The minimum absolute atomic E-state index is 0.0370. The Morgan fingerprint density at radius 1 is 1.35 bits per heavy atom. The van der Waals surface area contributed by atoms with E-state index in [4.69, 9.17) is 9.47 Å². The standard InChI is InChI=1S/C17H23NO5/c1-3-4-9-23-13-8-7-12(10-14(13)22-2)16(19)18-15(17(20)21)11-5-6-11/h7-8,10-11,15H,3-6,9H2,1-2H3,(H,18,19)(H,20,21). The molecule has 1 unspecified atom stereocenters. The van der Waals surface area contributed by atoms with Gasteiger partial charge in [0.2, 0.25) is 0 Å². The number of hydrogen-bond donors (Lipinski definition) is 2. The Hall–Kier alpha value is -2.24. The molecule has 0 heterocycles. The van der Waals surface area contributed by atoms with E-state index in [1.807, 2.05) is 0 Å². The second kappa shape index (κ2) is 7.85. The molecule has 1 atom stereocenters. The van der Waals surface area contributed by atoms with E-state index in [1.165, 1.54) is 7.11 Å². The van der Waals surface area contributed by atoms with Gasteiger partial charge in [-0.3, -0.25) is 4.79 Å². The van der Waals surface area contributed by atoms with Crippen molar-refractivity contribution < 1.29 is 24.2 Å². The monoisotopic (exact) mass is 321 g/mol. The number of carboxylic acids is 1. The topological polar surface area (TPSA) is 84.9 Å². The third kappa shape index (κ3) is 4.61. The molecule has 1 aliphatic carbocycles. The number of hydrogen-bond acceptors (Lipinski definition) is 4. The number of ether oxygens (including phenoxy) is 2. The second-order valence-corrected chi connectivity index (χ2v) is 5.69. The molecule has 0 bridgehead atoms. The van der Waals surface area contributed by atoms with Gasteiger partial charge in [-0.1, -0.05) is 13.3 Å². The molecule has 23 heavy (non-hydrogen) atoms. The van der Waals surface area contributed by atoms with Gasteiger partial charge in [0, 0.05) is 5.56 Å². The van der Waals surface area contributed by atoms with E-state index in [0.29, 0.717) is 23.7 Å². The molecule has 1 saturated carbocycles. The van der Waals surface area contributed by atoms with Crippen LogP contribution in [0.4, 0.5) is 0 Å². The van der Waals surface area contributed by atoms with Gasteiger partial charge in [0.25, 0.3) is 5.91 Å². The number of unbranched alkanes of at least 4 members (excludes halogenated alkanes) is 1. The van der Waals surface area contributed by atoms with Gasteiger partial charge < -0.3 is 19.9 Å². The first-order chi connectivity index (χ1) is 11.1. The molecule has 1 fully saturated rings. The van der Waals surface area contributed by atoms with Crippen LogP contribution in [-0.2, 0) is 4.79 Å². The van der Waals surface area contributed by atoms with Crippen molar-refractivity contribution in [2.45, 2.75) is 38.6 Å². The summed E-state index contributed by atoms with van der Waals surface area (Å²) in [4.78, 5) is 23.5. The SMILES string of the molecule is CCCCOc1ccc(C(=O)NC(C(=O)O)C2CC2)cc1OC. The summed E-state index contributed by atoms with van der Waals surface area (Å²) in [6.45, 7) is 2.66. The molecule has 6 heteroatoms. The number of amides is 1. The Balaban J connectivity index is 2.06. The minimum atomic E-state index is -0.993. The Kier molecular flexibility index (Phi) is 5.84. The van der Waals surface area contributed by atoms with Crippen molar-refractivity contribution in [1.29, 1.82) is 0 Å². The van der Waals surface area contributed by atoms with Crippen molar-refractivity contribution in [3.05, 3.63) is 23.8 Å². The molecule has 6 nitrogen and oxygen atoms in total. The number of carbonyl (C=O) groups excluding carboxylic acids is 1. The Labute approximate surface area is 135 Å². The highest BCUT2D eigenvalue weighted by Crippen LogP contribution is 2.33. The van der Waals surface area contributed by atoms with Crippen molar-refractivity contribution in [3.8, 4) is 11.5 Å². The zero-order valence-corrected chi connectivity index (χ0v) is 13.5. The maximum absolute atomic E-state index is 12.3. The average Bonchev–Trinajstić information content (AvgIpc) is 3.37. The van der Waals surface area contributed by atoms with Crippen molar-refractivity contribution in [1.82, 2.24) is 5.32 Å². The Bertz CT molecular complexity index is 568. The summed E-state index contributed by atoms with van der Waals surface area (Å²) in [6, 6.07) is 4.04. The van der Waals surface area contributed by atoms with Gasteiger partial charge >= 0.3 is 5.97 Å². The second-order valence-electron chi connectivity index (χ2n) is 5.69. The van der Waals surface area contributed by atoms with Gasteiger partial charge in [-0.2, -0.15) is 0 Å². The van der Waals surface area contributed by atoms with Crippen LogP contribution in [0.15, 0.2) is 18.2 Å². The quantitative estimate of drug-likeness (QED) is 0.683. The summed E-state index contributed by atoms with van der Waals surface area (Å²) in [5.41, 5.74) is 0.358. The molecule has 0 aromatic heterocycles. The highest BCUT2D eigenvalue weighted by Gasteiger charge is 2.37. The van der Waals surface area contributed by atoms with Crippen LogP contribution in [0.1, 0.15) is 43.0 Å². The number of rotatable bonds is 9. The molecule has 2 rings (SSSR count). The third-order valence-electron chi connectivity index (χ3n) is 3.83. The summed E-state index contributed by atoms with van der Waals surface area (Å²) in [5, 5.41) is 11.8. The molecule has 1 amide bonds. The zero-order chi connectivity index (χ0) is 16.8. The molecular weight excluding hydrogens is 298 g/mol. The fourth-order valence-corrected chi connectivity index (χ4v) is 2.29. The van der Waals surface area contributed by atoms with Crippen LogP contribution in [-0.4, -0.2) is 36.7 Å². The molecular formula is C17H23NO5. The zero-order valence-electron chi connectivity index (χ0n) is 13.5. The van der Waals surface area contributed by atoms with E-state index in [1.54, 1.807) is 18.2 Å². The van der Waals surface area contributed by atoms with Gasteiger partial charge in [-0.15, -0.1) is 0 Å². The van der Waals surface area contributed by atoms with E-state index in [0.717, 1.165) is 25.7 Å². The van der Waals surface area contributed by atoms with Crippen LogP contribution in [0.5, 0.6) is 11.5 Å². The van der Waals surface area contributed by atoms with E-state index in [-0.39, 0.29) is 5.92 Å². The summed E-state index contributed by atoms with van der Waals surface area (Å²) in [5.74, 6) is -0.327. The van der Waals surface area contributed by atoms with Crippen molar-refractivity contribution in [2.75, 3.05) is 13.7 Å². The van der Waals surface area contributed by atoms with Crippen LogP contribution in [0.3, 0.4) is 0 Å². The van der Waals surface area contributed by atoms with E-state index in [2.05, 4.69) is 12.2 Å². The normalized spacial score (nSPS) is 14.9. The average molecular weight is 321 g/mol. The van der Waals surface area contributed by atoms with Crippen LogP contribution < -0.4 is 14.8 Å². The molecule has 0 radical (unpaired) electrons. The number of benzene rings is 1. The van der Waals surface area contributed by atoms with Crippen LogP contribution in [0.25, 0.3) is 0 Å². The first-order valence-corrected chi connectivity index (χ1v) is 7.91. The molecule has 0 spiro atoms.